The summed E-state index contributed by atoms with van der Waals surface area (Å²) < 4.78 is 52.0. The second-order valence-electron chi connectivity index (χ2n) is 6.81. The first-order valence-electron chi connectivity index (χ1n) is 8.36. The minimum Gasteiger partial charge on any atom is -0.338 e. The number of nitrogens with two attached hydrogens (primary N) is 1. The normalized spacial score (nSPS) is 21.4. The molecule has 26 heavy (non-hydrogen) atoms. The first-order chi connectivity index (χ1) is 12.2. The fraction of sp³-hybridized carbons (Fsp3) is 0.412. The van der Waals surface area contributed by atoms with Gasteiger partial charge in [-0.25, -0.2) is 23.5 Å². The molecule has 2 aliphatic rings. The Kier molecular flexibility index (Phi) is 3.78. The summed E-state index contributed by atoms with van der Waals surface area (Å²) in [5.41, 5.74) is 0.921. The van der Waals surface area contributed by atoms with Crippen LogP contribution in [0.2, 0.25) is 0 Å². The first kappa shape index (κ1) is 17.3. The summed E-state index contributed by atoms with van der Waals surface area (Å²) in [6.45, 7) is 2.70. The summed E-state index contributed by atoms with van der Waals surface area (Å²) in [6, 6.07) is 6.11. The quantitative estimate of drug-likeness (QED) is 0.883. The molecule has 1 aromatic carbocycles. The van der Waals surface area contributed by atoms with Crippen molar-refractivity contribution in [3.8, 4) is 11.3 Å². The van der Waals surface area contributed by atoms with Crippen LogP contribution in [-0.2, 0) is 22.4 Å². The number of anilines is 1. The predicted molar refractivity (Wildman–Crippen MR) is 92.5 cm³/mol. The molecule has 2 heterocycles. The molecule has 0 unspecified atom stereocenters. The number of halogens is 2. The summed E-state index contributed by atoms with van der Waals surface area (Å²) in [5.74, 6) is -2.74. The Morgan fingerprint density at radius 2 is 2.08 bits per heavy atom. The van der Waals surface area contributed by atoms with Gasteiger partial charge in [0.1, 0.15) is 5.69 Å². The van der Waals surface area contributed by atoms with Crippen LogP contribution in [0.4, 0.5) is 14.7 Å². The van der Waals surface area contributed by atoms with Crippen molar-refractivity contribution in [2.45, 2.75) is 43.0 Å². The summed E-state index contributed by atoms with van der Waals surface area (Å²) in [6.07, 6.45) is 0.776. The third kappa shape index (κ3) is 2.75. The van der Waals surface area contributed by atoms with Gasteiger partial charge < -0.3 is 4.90 Å². The van der Waals surface area contributed by atoms with E-state index in [-0.39, 0.29) is 35.4 Å². The highest BCUT2D eigenvalue weighted by Crippen LogP contribution is 2.44. The molecule has 1 saturated heterocycles. The molecule has 0 bridgehead atoms. The average Bonchev–Trinajstić information content (AvgIpc) is 2.87. The summed E-state index contributed by atoms with van der Waals surface area (Å²) in [5, 5.41) is 5.20. The summed E-state index contributed by atoms with van der Waals surface area (Å²) in [7, 11) is -3.90. The van der Waals surface area contributed by atoms with Crippen molar-refractivity contribution >= 4 is 16.0 Å². The Bertz CT molecular complexity index is 994. The zero-order valence-corrected chi connectivity index (χ0v) is 14.9. The molecule has 1 fully saturated rings. The van der Waals surface area contributed by atoms with Crippen molar-refractivity contribution in [1.29, 1.82) is 0 Å². The number of nitrogens with zero attached hydrogens (tertiary/aromatic N) is 3. The number of rotatable bonds is 3. The van der Waals surface area contributed by atoms with Crippen molar-refractivity contribution in [2.75, 3.05) is 11.4 Å². The van der Waals surface area contributed by atoms with Gasteiger partial charge in [0.15, 0.2) is 0 Å². The van der Waals surface area contributed by atoms with Gasteiger partial charge in [-0.3, -0.25) is 0 Å². The number of fused-ring (bicyclic) bond motifs is 1. The highest BCUT2D eigenvalue weighted by atomic mass is 32.2. The maximum Gasteiger partial charge on any atom is 0.290 e. The lowest BCUT2D eigenvalue weighted by atomic mass is 10.0. The molecule has 1 aliphatic heterocycles. The molecule has 4 rings (SSSR count). The molecule has 0 radical (unpaired) electrons. The maximum atomic E-state index is 14.3. The van der Waals surface area contributed by atoms with E-state index in [1.807, 2.05) is 11.8 Å². The number of benzene rings is 1. The van der Waals surface area contributed by atoms with E-state index in [9.17, 15) is 17.2 Å². The SMILES string of the molecule is C[C@H]1CCN1c1nc(-c2cccc(S(N)(=O)=O)c2)c2c(n1)C(F)(F)CC2. The minimum absolute atomic E-state index is 0.0778. The van der Waals surface area contributed by atoms with Crippen LogP contribution >= 0.6 is 0 Å². The second kappa shape index (κ2) is 5.68. The Hall–Kier alpha value is -2.13. The molecule has 2 N–H and O–H groups in total. The fourth-order valence-corrected chi connectivity index (χ4v) is 3.97. The van der Waals surface area contributed by atoms with Crippen molar-refractivity contribution in [3.05, 3.63) is 35.5 Å². The van der Waals surface area contributed by atoms with Crippen LogP contribution in [0.25, 0.3) is 11.3 Å². The van der Waals surface area contributed by atoms with Gasteiger partial charge in [0.25, 0.3) is 5.92 Å². The van der Waals surface area contributed by atoms with Crippen LogP contribution in [0.1, 0.15) is 31.0 Å². The standard InChI is InChI=1S/C17H18F2N4O2S/c1-10-6-8-23(10)16-21-14(13-5-7-17(18,19)15(13)22-16)11-3-2-4-12(9-11)26(20,24)25/h2-4,9-10H,5-8H2,1H3,(H2,20,24,25)/t10-/m0/s1. The lowest BCUT2D eigenvalue weighted by Crippen LogP contribution is -2.47. The number of hydrogen-bond donors (Lipinski definition) is 1. The van der Waals surface area contributed by atoms with Crippen molar-refractivity contribution in [1.82, 2.24) is 9.97 Å². The van der Waals surface area contributed by atoms with Gasteiger partial charge in [-0.05, 0) is 31.9 Å². The Morgan fingerprint density at radius 3 is 2.69 bits per heavy atom. The molecule has 0 spiro atoms. The molecule has 6 nitrogen and oxygen atoms in total. The maximum absolute atomic E-state index is 14.3. The Balaban J connectivity index is 1.91. The van der Waals surface area contributed by atoms with Gasteiger partial charge in [0.2, 0.25) is 16.0 Å². The molecule has 1 atom stereocenters. The van der Waals surface area contributed by atoms with Crippen LogP contribution in [0.3, 0.4) is 0 Å². The molecule has 1 aliphatic carbocycles. The van der Waals surface area contributed by atoms with Gasteiger partial charge >= 0.3 is 0 Å². The van der Waals surface area contributed by atoms with Crippen molar-refractivity contribution in [3.63, 3.8) is 0 Å². The van der Waals surface area contributed by atoms with Gasteiger partial charge in [-0.1, -0.05) is 12.1 Å². The van der Waals surface area contributed by atoms with Crippen LogP contribution in [-0.4, -0.2) is 31.0 Å². The molecule has 1 aromatic heterocycles. The lowest BCUT2D eigenvalue weighted by Gasteiger charge is -2.39. The van der Waals surface area contributed by atoms with Crippen LogP contribution in [0.15, 0.2) is 29.2 Å². The third-order valence-corrected chi connectivity index (χ3v) is 5.95. The number of alkyl halides is 2. The molecule has 138 valence electrons. The Morgan fingerprint density at radius 1 is 1.31 bits per heavy atom. The zero-order valence-electron chi connectivity index (χ0n) is 14.1. The predicted octanol–water partition coefficient (Wildman–Crippen LogP) is 2.43. The number of aromatic nitrogens is 2. The van der Waals surface area contributed by atoms with Gasteiger partial charge in [0.05, 0.1) is 10.6 Å². The fourth-order valence-electron chi connectivity index (χ4n) is 3.41. The second-order valence-corrected chi connectivity index (χ2v) is 8.37. The van der Waals surface area contributed by atoms with Crippen molar-refractivity contribution < 1.29 is 17.2 Å². The average molecular weight is 380 g/mol. The van der Waals surface area contributed by atoms with Gasteiger partial charge in [-0.2, -0.15) is 8.78 Å². The first-order valence-corrected chi connectivity index (χ1v) is 9.90. The number of hydrogen-bond acceptors (Lipinski definition) is 5. The minimum atomic E-state index is -3.90. The smallest absolute Gasteiger partial charge is 0.290 e. The largest absolute Gasteiger partial charge is 0.338 e. The van der Waals surface area contributed by atoms with E-state index in [2.05, 4.69) is 9.97 Å². The summed E-state index contributed by atoms with van der Waals surface area (Å²) >= 11 is 0. The van der Waals surface area contributed by atoms with E-state index in [1.54, 1.807) is 6.07 Å². The van der Waals surface area contributed by atoms with Crippen LogP contribution in [0.5, 0.6) is 0 Å². The molecular formula is C17H18F2N4O2S. The molecule has 0 saturated carbocycles. The molecule has 9 heteroatoms. The van der Waals surface area contributed by atoms with Crippen LogP contribution < -0.4 is 10.0 Å². The number of primary sulfonamides is 1. The number of sulfonamides is 1. The highest BCUT2D eigenvalue weighted by Gasteiger charge is 2.44. The van der Waals surface area contributed by atoms with E-state index >= 15 is 0 Å². The molecular weight excluding hydrogens is 362 g/mol. The van der Waals surface area contributed by atoms with E-state index < -0.39 is 15.9 Å². The lowest BCUT2D eigenvalue weighted by molar-refractivity contribution is -0.00595. The van der Waals surface area contributed by atoms with E-state index in [4.69, 9.17) is 5.14 Å². The topological polar surface area (TPSA) is 89.2 Å². The Labute approximate surface area is 150 Å². The highest BCUT2D eigenvalue weighted by molar-refractivity contribution is 7.89. The van der Waals surface area contributed by atoms with Crippen LogP contribution in [0, 0.1) is 0 Å². The van der Waals surface area contributed by atoms with Gasteiger partial charge in [-0.15, -0.1) is 0 Å². The van der Waals surface area contributed by atoms with Gasteiger partial charge in [0, 0.05) is 30.1 Å². The van der Waals surface area contributed by atoms with E-state index in [0.29, 0.717) is 23.4 Å². The molecule has 2 aromatic rings. The van der Waals surface area contributed by atoms with Crippen molar-refractivity contribution in [2.24, 2.45) is 5.14 Å². The zero-order chi connectivity index (χ0) is 18.7. The third-order valence-electron chi connectivity index (χ3n) is 5.04. The monoisotopic (exact) mass is 380 g/mol. The van der Waals surface area contributed by atoms with E-state index in [1.165, 1.54) is 18.2 Å². The van der Waals surface area contributed by atoms with E-state index in [0.717, 1.165) is 6.42 Å². The molecule has 0 amide bonds. The summed E-state index contributed by atoms with van der Waals surface area (Å²) in [4.78, 5) is 10.5.